The van der Waals surface area contributed by atoms with E-state index in [-0.39, 0.29) is 0 Å². The second-order valence-corrected chi connectivity index (χ2v) is 4.36. The van der Waals surface area contributed by atoms with Gasteiger partial charge in [-0.25, -0.2) is 0 Å². The van der Waals surface area contributed by atoms with Crippen molar-refractivity contribution < 1.29 is 4.74 Å². The lowest BCUT2D eigenvalue weighted by molar-refractivity contribution is 0.414. The zero-order valence-corrected chi connectivity index (χ0v) is 9.88. The molecule has 2 rings (SSSR count). The molecule has 1 nitrogen and oxygen atoms in total. The molecule has 0 saturated carbocycles. The number of terminal acetylenes is 1. The summed E-state index contributed by atoms with van der Waals surface area (Å²) in [5, 5.41) is 2.03. The largest absolute Gasteiger partial charge is 0.497 e. The van der Waals surface area contributed by atoms with E-state index >= 15 is 0 Å². The first-order valence-corrected chi connectivity index (χ1v) is 5.87. The Labute approximate surface area is 99.7 Å². The van der Waals surface area contributed by atoms with Gasteiger partial charge < -0.3 is 4.74 Å². The predicted molar refractivity (Wildman–Crippen MR) is 68.1 cm³/mol. The van der Waals surface area contributed by atoms with Crippen LogP contribution in [0, 0.1) is 12.3 Å². The van der Waals surface area contributed by atoms with Crippen molar-refractivity contribution in [3.8, 4) is 18.1 Å². The molecule has 80 valence electrons. The highest BCUT2D eigenvalue weighted by Gasteiger charge is 2.03. The van der Waals surface area contributed by atoms with Crippen molar-refractivity contribution in [1.29, 1.82) is 0 Å². The molecule has 1 aromatic heterocycles. The van der Waals surface area contributed by atoms with Gasteiger partial charge in [0.15, 0.2) is 0 Å². The highest BCUT2D eigenvalue weighted by molar-refractivity contribution is 7.10. The molecule has 0 aliphatic rings. The molecule has 2 heteroatoms. The Morgan fingerprint density at radius 2 is 2.25 bits per heavy atom. The smallest absolute Gasteiger partial charge is 0.119 e. The van der Waals surface area contributed by atoms with E-state index in [9.17, 15) is 0 Å². The molecule has 1 heterocycles. The summed E-state index contributed by atoms with van der Waals surface area (Å²) in [6.45, 7) is 0. The van der Waals surface area contributed by atoms with Crippen LogP contribution in [0.4, 0.5) is 0 Å². The first kappa shape index (κ1) is 10.8. The molecule has 0 bridgehead atoms. The van der Waals surface area contributed by atoms with Crippen LogP contribution in [0.15, 0.2) is 35.7 Å². The molecular weight excluding hydrogens is 216 g/mol. The topological polar surface area (TPSA) is 9.23 Å². The molecule has 0 spiro atoms. The number of thiophene rings is 1. The number of hydrogen-bond donors (Lipinski definition) is 0. The van der Waals surface area contributed by atoms with Crippen molar-refractivity contribution in [3.05, 3.63) is 51.7 Å². The number of ether oxygens (including phenoxy) is 1. The Hall–Kier alpha value is -1.72. The highest BCUT2D eigenvalue weighted by Crippen LogP contribution is 2.21. The molecule has 16 heavy (non-hydrogen) atoms. The van der Waals surface area contributed by atoms with Gasteiger partial charge in [0.1, 0.15) is 5.75 Å². The van der Waals surface area contributed by atoms with Crippen molar-refractivity contribution in [1.82, 2.24) is 0 Å². The summed E-state index contributed by atoms with van der Waals surface area (Å²) in [5.74, 6) is 3.60. The van der Waals surface area contributed by atoms with Gasteiger partial charge in [-0.2, -0.15) is 0 Å². The van der Waals surface area contributed by atoms with E-state index in [0.29, 0.717) is 0 Å². The molecule has 0 N–H and O–H groups in total. The van der Waals surface area contributed by atoms with Crippen molar-refractivity contribution in [2.24, 2.45) is 0 Å². The fraction of sp³-hybridized carbons (Fsp3) is 0.143. The maximum absolute atomic E-state index is 5.44. The average molecular weight is 228 g/mol. The predicted octanol–water partition coefficient (Wildman–Crippen LogP) is 3.33. The molecule has 0 radical (unpaired) electrons. The third kappa shape index (κ3) is 2.26. The zero-order chi connectivity index (χ0) is 11.4. The van der Waals surface area contributed by atoms with E-state index in [1.165, 1.54) is 11.1 Å². The fourth-order valence-corrected chi connectivity index (χ4v) is 2.33. The minimum Gasteiger partial charge on any atom is -0.497 e. The minimum absolute atomic E-state index is 0.861. The molecule has 0 unspecified atom stereocenters. The maximum Gasteiger partial charge on any atom is 0.119 e. The number of rotatable bonds is 3. The molecule has 2 aromatic rings. The number of hydrogen-bond acceptors (Lipinski definition) is 2. The van der Waals surface area contributed by atoms with E-state index in [4.69, 9.17) is 11.2 Å². The van der Waals surface area contributed by atoms with Crippen molar-refractivity contribution >= 4 is 11.3 Å². The molecule has 0 atom stereocenters. The van der Waals surface area contributed by atoms with Crippen LogP contribution in [-0.4, -0.2) is 7.11 Å². The lowest BCUT2D eigenvalue weighted by Gasteiger charge is -2.03. The van der Waals surface area contributed by atoms with Crippen LogP contribution in [0.3, 0.4) is 0 Å². The second-order valence-electron chi connectivity index (χ2n) is 3.45. The third-order valence-corrected chi connectivity index (χ3v) is 3.29. The van der Waals surface area contributed by atoms with Crippen molar-refractivity contribution in [2.75, 3.05) is 7.11 Å². The Balaban J connectivity index is 2.24. The van der Waals surface area contributed by atoms with E-state index < -0.39 is 0 Å². The normalized spacial score (nSPS) is 9.75. The molecule has 0 aliphatic carbocycles. The van der Waals surface area contributed by atoms with Gasteiger partial charge in [0.05, 0.1) is 12.0 Å². The van der Waals surface area contributed by atoms with Crippen LogP contribution in [0.5, 0.6) is 5.75 Å². The molecule has 0 aliphatic heterocycles. The van der Waals surface area contributed by atoms with Crippen LogP contribution in [0.2, 0.25) is 0 Å². The molecule has 0 amide bonds. The standard InChI is InChI=1S/C14H12OS/c1-3-14-12(7-8-16-14)9-11-5-4-6-13(10-11)15-2/h1,4-8,10H,9H2,2H3. The summed E-state index contributed by atoms with van der Waals surface area (Å²) >= 11 is 1.61. The molecule has 0 fully saturated rings. The lowest BCUT2D eigenvalue weighted by atomic mass is 10.1. The van der Waals surface area contributed by atoms with Gasteiger partial charge in [0.2, 0.25) is 0 Å². The first-order chi connectivity index (χ1) is 7.83. The molecule has 1 aromatic carbocycles. The van der Waals surface area contributed by atoms with Crippen molar-refractivity contribution in [2.45, 2.75) is 6.42 Å². The number of benzene rings is 1. The summed E-state index contributed by atoms with van der Waals surface area (Å²) in [4.78, 5) is 1.02. The summed E-state index contributed by atoms with van der Waals surface area (Å²) in [6, 6.07) is 10.1. The lowest BCUT2D eigenvalue weighted by Crippen LogP contribution is -1.90. The van der Waals surface area contributed by atoms with E-state index in [0.717, 1.165) is 17.0 Å². The van der Waals surface area contributed by atoms with Crippen LogP contribution < -0.4 is 4.74 Å². The fourth-order valence-electron chi connectivity index (χ4n) is 1.60. The summed E-state index contributed by atoms with van der Waals surface area (Å²) < 4.78 is 5.19. The first-order valence-electron chi connectivity index (χ1n) is 4.99. The minimum atomic E-state index is 0.861. The third-order valence-electron chi connectivity index (χ3n) is 2.41. The van der Waals surface area contributed by atoms with Crippen LogP contribution in [0.1, 0.15) is 16.0 Å². The van der Waals surface area contributed by atoms with Crippen LogP contribution in [-0.2, 0) is 6.42 Å². The van der Waals surface area contributed by atoms with E-state index in [1.54, 1.807) is 18.4 Å². The Bertz CT molecular complexity index is 520. The summed E-state index contributed by atoms with van der Waals surface area (Å²) in [7, 11) is 1.68. The van der Waals surface area contributed by atoms with Crippen LogP contribution in [0.25, 0.3) is 0 Å². The van der Waals surface area contributed by atoms with E-state index in [2.05, 4.69) is 18.1 Å². The Kier molecular flexibility index (Phi) is 3.28. The van der Waals surface area contributed by atoms with Gasteiger partial charge >= 0.3 is 0 Å². The van der Waals surface area contributed by atoms with Gasteiger partial charge in [0.25, 0.3) is 0 Å². The summed E-state index contributed by atoms with van der Waals surface area (Å²) in [5.41, 5.74) is 2.43. The second kappa shape index (κ2) is 4.87. The van der Waals surface area contributed by atoms with Gasteiger partial charge in [0, 0.05) is 0 Å². The van der Waals surface area contributed by atoms with Crippen LogP contribution >= 0.6 is 11.3 Å². The highest BCUT2D eigenvalue weighted by atomic mass is 32.1. The maximum atomic E-state index is 5.44. The molecular formula is C14H12OS. The quantitative estimate of drug-likeness (QED) is 0.732. The Morgan fingerprint density at radius 1 is 1.38 bits per heavy atom. The zero-order valence-electron chi connectivity index (χ0n) is 9.07. The average Bonchev–Trinajstić information content (AvgIpc) is 2.76. The summed E-state index contributed by atoms with van der Waals surface area (Å²) in [6.07, 6.45) is 6.30. The SMILES string of the molecule is C#Cc1sccc1Cc1cccc(OC)c1. The van der Waals surface area contributed by atoms with Gasteiger partial charge in [-0.15, -0.1) is 17.8 Å². The monoisotopic (exact) mass is 228 g/mol. The van der Waals surface area contributed by atoms with E-state index in [1.807, 2.05) is 23.6 Å². The van der Waals surface area contributed by atoms with Gasteiger partial charge in [-0.1, -0.05) is 18.1 Å². The van der Waals surface area contributed by atoms with Gasteiger partial charge in [-0.05, 0) is 41.1 Å². The molecule has 0 saturated heterocycles. The Morgan fingerprint density at radius 3 is 3.00 bits per heavy atom. The van der Waals surface area contributed by atoms with Crippen molar-refractivity contribution in [3.63, 3.8) is 0 Å². The number of methoxy groups -OCH3 is 1. The van der Waals surface area contributed by atoms with Gasteiger partial charge in [-0.3, -0.25) is 0 Å².